The Hall–Kier alpha value is -5.25. The van der Waals surface area contributed by atoms with Crippen molar-refractivity contribution in [2.24, 2.45) is 0 Å². The molecule has 0 aliphatic rings. The molecule has 0 fully saturated rings. The highest BCUT2D eigenvalue weighted by Gasteiger charge is 2.15. The van der Waals surface area contributed by atoms with Crippen molar-refractivity contribution in [2.45, 2.75) is 6.42 Å². The Morgan fingerprint density at radius 2 is 1.23 bits per heavy atom. The first-order valence-electron chi connectivity index (χ1n) is 11.8. The molecular weight excluding hydrogens is 523 g/mol. The van der Waals surface area contributed by atoms with Crippen LogP contribution in [0, 0.1) is 0 Å². The second kappa shape index (κ2) is 14.1. The van der Waals surface area contributed by atoms with Crippen molar-refractivity contribution in [1.29, 1.82) is 0 Å². The van der Waals surface area contributed by atoms with Crippen LogP contribution in [-0.4, -0.2) is 44.2 Å². The van der Waals surface area contributed by atoms with Crippen molar-refractivity contribution in [3.63, 3.8) is 0 Å². The first kappa shape index (κ1) is 29.3. The van der Waals surface area contributed by atoms with Crippen LogP contribution in [0.5, 0.6) is 17.2 Å². The van der Waals surface area contributed by atoms with Gasteiger partial charge in [-0.15, -0.1) is 0 Å². The number of esters is 4. The highest BCUT2D eigenvalue weighted by atomic mass is 19.1. The molecule has 10 heteroatoms. The quantitative estimate of drug-likeness (QED) is 0.133. The summed E-state index contributed by atoms with van der Waals surface area (Å²) in [6.45, 7) is 6.23. The van der Waals surface area contributed by atoms with Gasteiger partial charge in [-0.1, -0.05) is 37.4 Å². The van der Waals surface area contributed by atoms with Crippen LogP contribution in [0.3, 0.4) is 0 Å². The van der Waals surface area contributed by atoms with E-state index in [0.717, 1.165) is 11.1 Å². The molecule has 0 aliphatic carbocycles. The molecule has 0 bridgehead atoms. The summed E-state index contributed by atoms with van der Waals surface area (Å²) in [5.74, 6) is -3.19. The first-order chi connectivity index (χ1) is 19.2. The molecule has 0 amide bonds. The average Bonchev–Trinajstić information content (AvgIpc) is 2.96. The fourth-order valence-electron chi connectivity index (χ4n) is 3.15. The Balaban J connectivity index is 1.50. The monoisotopic (exact) mass is 548 g/mol. The number of hydrogen-bond donors (Lipinski definition) is 0. The van der Waals surface area contributed by atoms with Crippen LogP contribution >= 0.6 is 0 Å². The zero-order valence-electron chi connectivity index (χ0n) is 21.5. The lowest BCUT2D eigenvalue weighted by molar-refractivity contribution is -0.142. The van der Waals surface area contributed by atoms with Crippen LogP contribution in [0.15, 0.2) is 97.4 Å². The van der Waals surface area contributed by atoms with E-state index in [-0.39, 0.29) is 31.0 Å². The molecule has 0 aromatic heterocycles. The third-order valence-corrected chi connectivity index (χ3v) is 5.23. The average molecular weight is 549 g/mol. The fourth-order valence-corrected chi connectivity index (χ4v) is 3.15. The van der Waals surface area contributed by atoms with Crippen molar-refractivity contribution >= 4 is 23.9 Å². The largest absolute Gasteiger partial charge is 0.490 e. The zero-order chi connectivity index (χ0) is 29.1. The molecule has 0 unspecified atom stereocenters. The van der Waals surface area contributed by atoms with Gasteiger partial charge < -0.3 is 23.7 Å². The van der Waals surface area contributed by atoms with Crippen molar-refractivity contribution in [3.05, 3.63) is 103 Å². The van der Waals surface area contributed by atoms with E-state index in [1.54, 1.807) is 60.7 Å². The number of methoxy groups -OCH3 is 1. The van der Waals surface area contributed by atoms with Gasteiger partial charge in [0.2, 0.25) is 5.83 Å². The van der Waals surface area contributed by atoms with E-state index in [9.17, 15) is 23.6 Å². The van der Waals surface area contributed by atoms with Gasteiger partial charge in [-0.25, -0.2) is 14.4 Å². The Morgan fingerprint density at radius 1 is 0.700 bits per heavy atom. The fraction of sp³-hybridized carbons (Fsp3) is 0.133. The summed E-state index contributed by atoms with van der Waals surface area (Å²) in [5.41, 5.74) is 1.93. The number of carbonyl (C=O) groups is 4. The topological polar surface area (TPSA) is 114 Å². The van der Waals surface area contributed by atoms with Gasteiger partial charge in [-0.2, -0.15) is 4.39 Å². The van der Waals surface area contributed by atoms with Crippen LogP contribution in [0.25, 0.3) is 11.1 Å². The van der Waals surface area contributed by atoms with E-state index in [0.29, 0.717) is 17.1 Å². The van der Waals surface area contributed by atoms with Gasteiger partial charge >= 0.3 is 23.9 Å². The van der Waals surface area contributed by atoms with Gasteiger partial charge in [0.05, 0.1) is 19.1 Å². The first-order valence-corrected chi connectivity index (χ1v) is 11.8. The molecule has 0 aliphatic heterocycles. The van der Waals surface area contributed by atoms with E-state index in [1.807, 2.05) is 0 Å². The minimum absolute atomic E-state index is 0.00514. The lowest BCUT2D eigenvalue weighted by Gasteiger charge is -2.09. The molecule has 206 valence electrons. The summed E-state index contributed by atoms with van der Waals surface area (Å²) in [6, 6.07) is 19.6. The molecule has 0 saturated carbocycles. The Labute approximate surface area is 229 Å². The molecule has 40 heavy (non-hydrogen) atoms. The lowest BCUT2D eigenvalue weighted by atomic mass is 10.0. The summed E-state index contributed by atoms with van der Waals surface area (Å²) in [7, 11) is 1.22. The molecule has 3 aromatic carbocycles. The van der Waals surface area contributed by atoms with Crippen molar-refractivity contribution < 1.29 is 47.3 Å². The molecule has 0 heterocycles. The number of hydrogen-bond acceptors (Lipinski definition) is 9. The van der Waals surface area contributed by atoms with Gasteiger partial charge in [0.1, 0.15) is 30.5 Å². The molecule has 3 aromatic rings. The second-order valence-electron chi connectivity index (χ2n) is 8.10. The standard InChI is InChI=1S/C30H25FO9/c1-19(18-27(32)36-3)28(33)39-25-10-8-22(9-11-25)21-4-6-23(7-5-21)30(35)40-26-14-12-24(13-15-26)37-16-17-38-29(34)20(2)31/h4-15H,1-2,16-18H2,3H3. The van der Waals surface area contributed by atoms with Gasteiger partial charge in [0.25, 0.3) is 0 Å². The van der Waals surface area contributed by atoms with Crippen LogP contribution in [0.4, 0.5) is 4.39 Å². The molecule has 3 rings (SSSR count). The highest BCUT2D eigenvalue weighted by molar-refractivity contribution is 5.94. The lowest BCUT2D eigenvalue weighted by Crippen LogP contribution is -2.14. The minimum atomic E-state index is -1.18. The number of ether oxygens (including phenoxy) is 5. The van der Waals surface area contributed by atoms with Gasteiger partial charge in [0.15, 0.2) is 0 Å². The van der Waals surface area contributed by atoms with Crippen molar-refractivity contribution in [1.82, 2.24) is 0 Å². The number of benzene rings is 3. The Kier molecular flexibility index (Phi) is 10.3. The van der Waals surface area contributed by atoms with Crippen LogP contribution in [-0.2, 0) is 23.9 Å². The third-order valence-electron chi connectivity index (χ3n) is 5.23. The van der Waals surface area contributed by atoms with Crippen LogP contribution in [0.2, 0.25) is 0 Å². The highest BCUT2D eigenvalue weighted by Crippen LogP contribution is 2.24. The number of rotatable bonds is 12. The molecule has 0 spiro atoms. The predicted octanol–water partition coefficient (Wildman–Crippen LogP) is 5.00. The molecule has 0 atom stereocenters. The molecule has 0 N–H and O–H groups in total. The molecule has 0 radical (unpaired) electrons. The van der Waals surface area contributed by atoms with E-state index in [1.165, 1.54) is 19.2 Å². The molecule has 9 nitrogen and oxygen atoms in total. The summed E-state index contributed by atoms with van der Waals surface area (Å²) in [5, 5.41) is 0. The Morgan fingerprint density at radius 3 is 1.80 bits per heavy atom. The number of carbonyl (C=O) groups excluding carboxylic acids is 4. The molecular formula is C30H25FO9. The summed E-state index contributed by atoms with van der Waals surface area (Å²) < 4.78 is 37.6. The molecule has 0 saturated heterocycles. The van der Waals surface area contributed by atoms with E-state index >= 15 is 0 Å². The summed E-state index contributed by atoms with van der Waals surface area (Å²) in [6.07, 6.45) is -0.261. The van der Waals surface area contributed by atoms with Gasteiger partial charge in [-0.05, 0) is 59.7 Å². The maximum atomic E-state index is 12.5. The van der Waals surface area contributed by atoms with E-state index in [2.05, 4.69) is 22.6 Å². The second-order valence-corrected chi connectivity index (χ2v) is 8.10. The Bertz CT molecular complexity index is 1390. The van der Waals surface area contributed by atoms with E-state index in [4.69, 9.17) is 14.2 Å². The normalized spacial score (nSPS) is 10.2. The summed E-state index contributed by atoms with van der Waals surface area (Å²) in [4.78, 5) is 46.8. The van der Waals surface area contributed by atoms with E-state index < -0.39 is 29.7 Å². The maximum absolute atomic E-state index is 12.5. The third kappa shape index (κ3) is 8.66. The maximum Gasteiger partial charge on any atom is 0.366 e. The van der Waals surface area contributed by atoms with Gasteiger partial charge in [0, 0.05) is 5.57 Å². The minimum Gasteiger partial charge on any atom is -0.490 e. The summed E-state index contributed by atoms with van der Waals surface area (Å²) >= 11 is 0. The van der Waals surface area contributed by atoms with Crippen LogP contribution in [0.1, 0.15) is 16.8 Å². The van der Waals surface area contributed by atoms with Crippen LogP contribution < -0.4 is 14.2 Å². The van der Waals surface area contributed by atoms with Crippen molar-refractivity contribution in [2.75, 3.05) is 20.3 Å². The van der Waals surface area contributed by atoms with Crippen molar-refractivity contribution in [3.8, 4) is 28.4 Å². The smallest absolute Gasteiger partial charge is 0.366 e. The SMILES string of the molecule is C=C(F)C(=O)OCCOc1ccc(OC(=O)c2ccc(-c3ccc(OC(=O)C(=C)CC(=O)OC)cc3)cc2)cc1. The number of halogens is 1. The predicted molar refractivity (Wildman–Crippen MR) is 141 cm³/mol. The van der Waals surface area contributed by atoms with Gasteiger partial charge in [-0.3, -0.25) is 4.79 Å². The zero-order valence-corrected chi connectivity index (χ0v) is 21.5.